The van der Waals surface area contributed by atoms with Gasteiger partial charge in [-0.3, -0.25) is 0 Å². The van der Waals surface area contributed by atoms with Crippen molar-refractivity contribution in [2.24, 2.45) is 0 Å². The number of hydrogen-bond donors (Lipinski definition) is 1. The van der Waals surface area contributed by atoms with E-state index in [-0.39, 0.29) is 57.5 Å². The molecular formula is C20H41KO4S. The maximum absolute atomic E-state index is 11.4. The van der Waals surface area contributed by atoms with E-state index >= 15 is 0 Å². The summed E-state index contributed by atoms with van der Waals surface area (Å²) < 4.78 is 34.3. The van der Waals surface area contributed by atoms with Crippen LogP contribution in [0.1, 0.15) is 117 Å². The fraction of sp³-hybridized carbons (Fsp3) is 1.00. The molecule has 2 atom stereocenters. The Balaban J connectivity index is 0. The van der Waals surface area contributed by atoms with Gasteiger partial charge in [0.05, 0.1) is 16.2 Å². The van der Waals surface area contributed by atoms with Crippen LogP contribution in [0.3, 0.4) is 0 Å². The second kappa shape index (κ2) is 19.8. The fourth-order valence-corrected chi connectivity index (χ4v) is 4.19. The molecule has 152 valence electrons. The average Bonchev–Trinajstić information content (AvgIpc) is 2.53. The molecule has 0 amide bonds. The first-order valence-electron chi connectivity index (χ1n) is 10.5. The van der Waals surface area contributed by atoms with Gasteiger partial charge in [0.1, 0.15) is 0 Å². The summed E-state index contributed by atoms with van der Waals surface area (Å²) in [5.74, 6) is 0. The van der Waals surface area contributed by atoms with Crippen molar-refractivity contribution in [3.05, 3.63) is 0 Å². The van der Waals surface area contributed by atoms with Crippen molar-refractivity contribution in [1.82, 2.24) is 0 Å². The molecule has 26 heavy (non-hydrogen) atoms. The Bertz CT molecular complexity index is 385. The van der Waals surface area contributed by atoms with Gasteiger partial charge in [0.25, 0.3) is 0 Å². The summed E-state index contributed by atoms with van der Waals surface area (Å²) in [6, 6.07) is 0. The van der Waals surface area contributed by atoms with Gasteiger partial charge in [-0.15, -0.1) is 0 Å². The third kappa shape index (κ3) is 20.2. The van der Waals surface area contributed by atoms with E-state index in [4.69, 9.17) is 0 Å². The molecule has 0 spiro atoms. The molecular weight excluding hydrogens is 375 g/mol. The number of aliphatic hydroxyl groups is 1. The SMILES string of the molecule is CCCCCCCCCCCC(CCCCCCC(C)O)S(=O)(=O)[O-].[K+]. The van der Waals surface area contributed by atoms with E-state index in [1.165, 1.54) is 38.5 Å². The molecule has 0 radical (unpaired) electrons. The normalized spacial score (nSPS) is 14.0. The topological polar surface area (TPSA) is 77.4 Å². The Morgan fingerprint density at radius 2 is 1.08 bits per heavy atom. The molecule has 6 heteroatoms. The van der Waals surface area contributed by atoms with E-state index in [0.29, 0.717) is 12.8 Å². The first kappa shape index (κ1) is 29.7. The molecule has 0 aliphatic carbocycles. The molecule has 0 aliphatic rings. The fourth-order valence-electron chi connectivity index (χ4n) is 3.28. The summed E-state index contributed by atoms with van der Waals surface area (Å²) in [5, 5.41) is 8.50. The zero-order valence-corrected chi connectivity index (χ0v) is 21.5. The zero-order chi connectivity index (χ0) is 19.0. The van der Waals surface area contributed by atoms with E-state index in [1.807, 2.05) is 0 Å². The van der Waals surface area contributed by atoms with Crippen LogP contribution in [-0.4, -0.2) is 29.4 Å². The summed E-state index contributed by atoms with van der Waals surface area (Å²) in [7, 11) is -4.17. The molecule has 0 aromatic rings. The number of hydrogen-bond acceptors (Lipinski definition) is 4. The third-order valence-corrected chi connectivity index (χ3v) is 6.22. The van der Waals surface area contributed by atoms with Gasteiger partial charge in [-0.2, -0.15) is 0 Å². The summed E-state index contributed by atoms with van der Waals surface area (Å²) in [5.41, 5.74) is 0. The largest absolute Gasteiger partial charge is 1.00 e. The van der Waals surface area contributed by atoms with E-state index in [1.54, 1.807) is 6.92 Å². The van der Waals surface area contributed by atoms with Crippen LogP contribution in [0.4, 0.5) is 0 Å². The second-order valence-corrected chi connectivity index (χ2v) is 9.22. The smallest absolute Gasteiger partial charge is 0.748 e. The minimum atomic E-state index is -4.17. The zero-order valence-electron chi connectivity index (χ0n) is 17.5. The van der Waals surface area contributed by atoms with E-state index in [2.05, 4.69) is 6.92 Å². The quantitative estimate of drug-likeness (QED) is 0.212. The molecule has 0 saturated heterocycles. The van der Waals surface area contributed by atoms with Crippen molar-refractivity contribution in [3.63, 3.8) is 0 Å². The van der Waals surface area contributed by atoms with Crippen molar-refractivity contribution in [3.8, 4) is 0 Å². The van der Waals surface area contributed by atoms with Crippen molar-refractivity contribution >= 4 is 10.1 Å². The van der Waals surface area contributed by atoms with Crippen LogP contribution in [0.25, 0.3) is 0 Å². The van der Waals surface area contributed by atoms with Gasteiger partial charge in [0, 0.05) is 5.25 Å². The molecule has 0 saturated carbocycles. The second-order valence-electron chi connectivity index (χ2n) is 7.57. The van der Waals surface area contributed by atoms with Crippen LogP contribution in [0.2, 0.25) is 0 Å². The molecule has 1 N–H and O–H groups in total. The van der Waals surface area contributed by atoms with Crippen LogP contribution in [-0.2, 0) is 10.1 Å². The van der Waals surface area contributed by atoms with Crippen molar-refractivity contribution in [2.45, 2.75) is 128 Å². The van der Waals surface area contributed by atoms with Crippen LogP contribution >= 0.6 is 0 Å². The van der Waals surface area contributed by atoms with Crippen molar-refractivity contribution < 1.29 is 69.5 Å². The molecule has 0 heterocycles. The van der Waals surface area contributed by atoms with E-state index in [9.17, 15) is 18.1 Å². The maximum Gasteiger partial charge on any atom is 1.00 e. The Labute approximate surface area is 205 Å². The number of aliphatic hydroxyl groups excluding tert-OH is 1. The summed E-state index contributed by atoms with van der Waals surface area (Å²) in [6.45, 7) is 4.00. The first-order chi connectivity index (χ1) is 11.9. The van der Waals surface area contributed by atoms with Crippen molar-refractivity contribution in [2.75, 3.05) is 0 Å². The standard InChI is InChI=1S/C20H42O4S.K/c1-3-4-5-6-7-8-9-10-14-17-20(25(22,23)24)18-15-12-11-13-16-19(2)21;/h19-21H,3-18H2,1-2H3,(H,22,23,24);/q;+1/p-1. The molecule has 0 aromatic carbocycles. The predicted molar refractivity (Wildman–Crippen MR) is 105 cm³/mol. The maximum atomic E-state index is 11.4. The molecule has 4 nitrogen and oxygen atoms in total. The van der Waals surface area contributed by atoms with Gasteiger partial charge in [-0.1, -0.05) is 90.4 Å². The van der Waals surface area contributed by atoms with Gasteiger partial charge in [-0.25, -0.2) is 8.42 Å². The third-order valence-electron chi connectivity index (χ3n) is 4.94. The minimum Gasteiger partial charge on any atom is -0.748 e. The van der Waals surface area contributed by atoms with Crippen molar-refractivity contribution in [1.29, 1.82) is 0 Å². The Morgan fingerprint density at radius 3 is 1.42 bits per heavy atom. The van der Waals surface area contributed by atoms with Gasteiger partial charge in [-0.05, 0) is 26.2 Å². The van der Waals surface area contributed by atoms with Gasteiger partial charge in [0.2, 0.25) is 0 Å². The summed E-state index contributed by atoms with van der Waals surface area (Å²) >= 11 is 0. The minimum absolute atomic E-state index is 0. The number of unbranched alkanes of at least 4 members (excludes halogenated alkanes) is 11. The molecule has 0 rings (SSSR count). The van der Waals surface area contributed by atoms with Gasteiger partial charge in [0.15, 0.2) is 0 Å². The van der Waals surface area contributed by atoms with Crippen LogP contribution in [0, 0.1) is 0 Å². The monoisotopic (exact) mass is 416 g/mol. The molecule has 0 aromatic heterocycles. The Hall–Kier alpha value is 1.51. The summed E-state index contributed by atoms with van der Waals surface area (Å²) in [6.07, 6.45) is 16.0. The molecule has 2 unspecified atom stereocenters. The molecule has 0 aliphatic heterocycles. The molecule has 0 bridgehead atoms. The van der Waals surface area contributed by atoms with Gasteiger partial charge >= 0.3 is 51.4 Å². The van der Waals surface area contributed by atoms with Crippen LogP contribution in [0.5, 0.6) is 0 Å². The van der Waals surface area contributed by atoms with E-state index < -0.39 is 15.4 Å². The number of rotatable bonds is 18. The Kier molecular flexibility index (Phi) is 22.6. The Morgan fingerprint density at radius 1 is 0.731 bits per heavy atom. The van der Waals surface area contributed by atoms with E-state index in [0.717, 1.165) is 51.4 Å². The average molecular weight is 417 g/mol. The van der Waals surface area contributed by atoms with Crippen LogP contribution < -0.4 is 51.4 Å². The predicted octanol–water partition coefficient (Wildman–Crippen LogP) is 2.55. The molecule has 0 fully saturated rings. The van der Waals surface area contributed by atoms with Gasteiger partial charge < -0.3 is 9.66 Å². The summed E-state index contributed by atoms with van der Waals surface area (Å²) in [4.78, 5) is 0. The van der Waals surface area contributed by atoms with Crippen LogP contribution in [0.15, 0.2) is 0 Å². The first-order valence-corrected chi connectivity index (χ1v) is 12.0.